The predicted octanol–water partition coefficient (Wildman–Crippen LogP) is 1.57. The van der Waals surface area contributed by atoms with E-state index in [9.17, 15) is 29.1 Å². The predicted molar refractivity (Wildman–Crippen MR) is 158 cm³/mol. The molecule has 5 rings (SSSR count). The molecule has 44 heavy (non-hydrogen) atoms. The van der Waals surface area contributed by atoms with Gasteiger partial charge in [-0.3, -0.25) is 28.5 Å². The number of hydrogen-bond donors (Lipinski definition) is 1. The Labute approximate surface area is 263 Å². The Morgan fingerprint density at radius 1 is 0.909 bits per heavy atom. The van der Waals surface area contributed by atoms with Crippen molar-refractivity contribution in [3.63, 3.8) is 0 Å². The summed E-state index contributed by atoms with van der Waals surface area (Å²) in [6.45, 7) is 4.09. The molecule has 2 aromatic carbocycles. The van der Waals surface area contributed by atoms with Crippen LogP contribution in [0.15, 0.2) is 47.5 Å². The molecule has 3 heterocycles. The summed E-state index contributed by atoms with van der Waals surface area (Å²) in [4.78, 5) is 66.0. The zero-order valence-electron chi connectivity index (χ0n) is 23.9. The van der Waals surface area contributed by atoms with Crippen LogP contribution in [-0.2, 0) is 47.7 Å². The molecule has 230 valence electrons. The molecule has 5 unspecified atom stereocenters. The van der Waals surface area contributed by atoms with Crippen molar-refractivity contribution in [3.05, 3.63) is 62.2 Å². The normalized spacial score (nSPS) is 22.6. The van der Waals surface area contributed by atoms with E-state index in [1.54, 1.807) is 42.5 Å². The molecule has 1 aromatic heterocycles. The summed E-state index contributed by atoms with van der Waals surface area (Å²) in [6.07, 6.45) is -6.99. The summed E-state index contributed by atoms with van der Waals surface area (Å²) in [5.41, 5.74) is 0.667. The van der Waals surface area contributed by atoms with E-state index in [4.69, 9.17) is 23.7 Å². The second-order valence-electron chi connectivity index (χ2n) is 10.1. The molecular formula is C30H27IN2O11. The topological polar surface area (TPSA) is 169 Å². The maximum Gasteiger partial charge on any atom is 0.303 e. The van der Waals surface area contributed by atoms with Crippen LogP contribution >= 0.6 is 22.6 Å². The minimum absolute atomic E-state index is 0.150. The Kier molecular flexibility index (Phi) is 8.74. The van der Waals surface area contributed by atoms with E-state index in [2.05, 4.69) is 27.6 Å². The Bertz CT molecular complexity index is 1830. The van der Waals surface area contributed by atoms with Crippen molar-refractivity contribution in [2.45, 2.75) is 58.3 Å². The van der Waals surface area contributed by atoms with E-state index >= 15 is 0 Å². The van der Waals surface area contributed by atoms with Crippen LogP contribution in [0.2, 0.25) is 0 Å². The molecule has 0 spiro atoms. The van der Waals surface area contributed by atoms with Crippen molar-refractivity contribution >= 4 is 68.9 Å². The van der Waals surface area contributed by atoms with E-state index in [1.165, 1.54) is 11.5 Å². The molecule has 0 saturated carbocycles. The third kappa shape index (κ3) is 5.91. The fraction of sp³-hybridized carbons (Fsp3) is 0.333. The number of hydrogen-bond acceptors (Lipinski definition) is 11. The van der Waals surface area contributed by atoms with Gasteiger partial charge in [0.2, 0.25) is 5.88 Å². The Morgan fingerprint density at radius 2 is 1.55 bits per heavy atom. The Hall–Kier alpha value is -4.31. The van der Waals surface area contributed by atoms with Crippen LogP contribution in [0.3, 0.4) is 0 Å². The first-order valence-corrected chi connectivity index (χ1v) is 14.5. The van der Waals surface area contributed by atoms with Crippen LogP contribution in [0.1, 0.15) is 39.5 Å². The number of para-hydroxylation sites is 1. The maximum absolute atomic E-state index is 13.3. The molecule has 0 radical (unpaired) electrons. The van der Waals surface area contributed by atoms with E-state index in [1.807, 2.05) is 0 Å². The molecule has 1 saturated heterocycles. The van der Waals surface area contributed by atoms with Crippen LogP contribution < -0.4 is 10.6 Å². The van der Waals surface area contributed by atoms with Crippen molar-refractivity contribution in [1.29, 1.82) is 0 Å². The van der Waals surface area contributed by atoms with E-state index < -0.39 is 72.9 Å². The first-order valence-electron chi connectivity index (χ1n) is 13.4. The molecule has 14 heteroatoms. The number of benzene rings is 2. The van der Waals surface area contributed by atoms with Gasteiger partial charge in [0.05, 0.1) is 22.0 Å². The number of carbonyl (C=O) groups excluding carboxylic acids is 5. The largest absolute Gasteiger partial charge is 0.494 e. The molecule has 1 N–H and O–H groups in total. The van der Waals surface area contributed by atoms with Gasteiger partial charge in [0.15, 0.2) is 24.5 Å². The van der Waals surface area contributed by atoms with Crippen molar-refractivity contribution in [3.8, 4) is 5.88 Å². The number of aromatic hydroxyl groups is 1. The molecule has 13 nitrogen and oxygen atoms in total. The first-order chi connectivity index (χ1) is 20.9. The molecule has 0 aliphatic carbocycles. The number of fused-ring (bicyclic) bond motifs is 2. The SMILES string of the molecule is CC(=O)OCC1OC(n2c(O)c(C3=c4cc(I)ccc4=NC3=O)c3ccccc32)C(OC(C)=O)C(OC(C)=O)C1OC(C)=O. The average molecular weight is 718 g/mol. The van der Waals surface area contributed by atoms with Gasteiger partial charge in [-0.25, -0.2) is 4.99 Å². The summed E-state index contributed by atoms with van der Waals surface area (Å²) in [5, 5.41) is 13.3. The standard InChI is InChI=1S/C30H27IN2O11/c1-13(34)40-12-22-25(41-14(2)35)26(42-15(3)36)27(43-16(4)37)30(44-22)33-21-8-6-5-7-18(21)24(29(33)39)23-19-11-17(31)9-10-20(19)32-28(23)38/h5-11,22,25-27,30,39H,12H2,1-4H3. The summed E-state index contributed by atoms with van der Waals surface area (Å²) in [6, 6.07) is 12.0. The molecule has 0 bridgehead atoms. The monoisotopic (exact) mass is 718 g/mol. The zero-order chi connectivity index (χ0) is 31.9. The summed E-state index contributed by atoms with van der Waals surface area (Å²) < 4.78 is 30.3. The summed E-state index contributed by atoms with van der Waals surface area (Å²) >= 11 is 2.11. The van der Waals surface area contributed by atoms with E-state index in [0.29, 0.717) is 21.5 Å². The molecule has 5 atom stereocenters. The lowest BCUT2D eigenvalue weighted by Gasteiger charge is -2.45. The van der Waals surface area contributed by atoms with E-state index in [0.717, 1.165) is 24.3 Å². The van der Waals surface area contributed by atoms with Crippen molar-refractivity contribution in [2.75, 3.05) is 6.61 Å². The number of carbonyl (C=O) groups is 5. The Morgan fingerprint density at radius 3 is 2.20 bits per heavy atom. The van der Waals surface area contributed by atoms with Crippen LogP contribution in [0.4, 0.5) is 0 Å². The lowest BCUT2D eigenvalue weighted by Crippen LogP contribution is -2.60. The van der Waals surface area contributed by atoms with Crippen molar-refractivity contribution in [2.24, 2.45) is 4.99 Å². The van der Waals surface area contributed by atoms with Crippen LogP contribution in [0.25, 0.3) is 16.5 Å². The lowest BCUT2D eigenvalue weighted by atomic mass is 9.97. The quantitative estimate of drug-likeness (QED) is 0.214. The third-order valence-corrected chi connectivity index (χ3v) is 7.69. The molecule has 1 fully saturated rings. The van der Waals surface area contributed by atoms with Gasteiger partial charge in [0.25, 0.3) is 5.91 Å². The lowest BCUT2D eigenvalue weighted by molar-refractivity contribution is -0.268. The highest BCUT2D eigenvalue weighted by atomic mass is 127. The number of rotatable bonds is 7. The minimum Gasteiger partial charge on any atom is -0.494 e. The second kappa shape index (κ2) is 12.4. The highest BCUT2D eigenvalue weighted by Crippen LogP contribution is 2.43. The van der Waals surface area contributed by atoms with E-state index in [-0.39, 0.29) is 11.1 Å². The maximum atomic E-state index is 13.3. The zero-order valence-corrected chi connectivity index (χ0v) is 26.1. The molecule has 2 aliphatic rings. The summed E-state index contributed by atoms with van der Waals surface area (Å²) in [5.74, 6) is -4.02. The van der Waals surface area contributed by atoms with Crippen LogP contribution in [0, 0.1) is 3.57 Å². The highest BCUT2D eigenvalue weighted by molar-refractivity contribution is 14.1. The van der Waals surface area contributed by atoms with Gasteiger partial charge in [0, 0.05) is 41.9 Å². The number of aromatic nitrogens is 1. The van der Waals surface area contributed by atoms with Gasteiger partial charge in [-0.15, -0.1) is 0 Å². The smallest absolute Gasteiger partial charge is 0.303 e. The Balaban J connectivity index is 1.77. The fourth-order valence-electron chi connectivity index (χ4n) is 5.50. The first kappa shape index (κ1) is 31.1. The molecular weight excluding hydrogens is 691 g/mol. The number of esters is 4. The van der Waals surface area contributed by atoms with Gasteiger partial charge in [-0.05, 0) is 46.9 Å². The van der Waals surface area contributed by atoms with Crippen molar-refractivity contribution in [1.82, 2.24) is 4.57 Å². The number of amides is 1. The molecule has 2 aliphatic heterocycles. The summed E-state index contributed by atoms with van der Waals surface area (Å²) in [7, 11) is 0. The van der Waals surface area contributed by atoms with Crippen LogP contribution in [-0.4, -0.2) is 70.5 Å². The molecule has 3 aromatic rings. The van der Waals surface area contributed by atoms with Crippen LogP contribution in [0.5, 0.6) is 5.88 Å². The average Bonchev–Trinajstić information content (AvgIpc) is 3.40. The van der Waals surface area contributed by atoms with Crippen molar-refractivity contribution < 1.29 is 52.8 Å². The third-order valence-electron chi connectivity index (χ3n) is 7.02. The number of ether oxygens (including phenoxy) is 5. The number of halogens is 1. The molecule has 1 amide bonds. The number of nitrogens with zero attached hydrogens (tertiary/aromatic N) is 2. The minimum atomic E-state index is -1.48. The van der Waals surface area contributed by atoms with Gasteiger partial charge < -0.3 is 28.8 Å². The van der Waals surface area contributed by atoms with Gasteiger partial charge in [-0.2, -0.15) is 0 Å². The van der Waals surface area contributed by atoms with Gasteiger partial charge in [0.1, 0.15) is 12.7 Å². The highest BCUT2D eigenvalue weighted by Gasteiger charge is 2.53. The van der Waals surface area contributed by atoms with Gasteiger partial charge >= 0.3 is 23.9 Å². The fourth-order valence-corrected chi connectivity index (χ4v) is 5.99. The second-order valence-corrected chi connectivity index (χ2v) is 11.4. The van der Waals surface area contributed by atoms with Gasteiger partial charge in [-0.1, -0.05) is 18.2 Å².